The number of ether oxygens (including phenoxy) is 1. The number of hydrogen-bond donors (Lipinski definition) is 1. The number of hydrogen-bond acceptors (Lipinski definition) is 4. The molecule has 1 aromatic rings. The van der Waals surface area contributed by atoms with Crippen LogP contribution in [-0.2, 0) is 20.3 Å². The highest BCUT2D eigenvalue weighted by Crippen LogP contribution is 2.13. The molecule has 1 N–H and O–H groups in total. The summed E-state index contributed by atoms with van der Waals surface area (Å²) in [6, 6.07) is 9.31. The second kappa shape index (κ2) is 11.8. The molecule has 1 saturated heterocycles. The van der Waals surface area contributed by atoms with E-state index in [9.17, 15) is 8.42 Å². The lowest BCUT2D eigenvalue weighted by molar-refractivity contribution is 0.181. The highest BCUT2D eigenvalue weighted by Gasteiger charge is 2.19. The van der Waals surface area contributed by atoms with Crippen LogP contribution in [0.5, 0.6) is 0 Å². The Labute approximate surface area is 174 Å². The van der Waals surface area contributed by atoms with Crippen LogP contribution in [0.3, 0.4) is 0 Å². The molecule has 1 aliphatic heterocycles. The van der Waals surface area contributed by atoms with Gasteiger partial charge in [0.25, 0.3) is 0 Å². The van der Waals surface area contributed by atoms with E-state index in [-0.39, 0.29) is 35.5 Å². The highest BCUT2D eigenvalue weighted by molar-refractivity contribution is 14.0. The molecule has 8 heteroatoms. The molecular weight excluding hydrogens is 465 g/mol. The van der Waals surface area contributed by atoms with Gasteiger partial charge in [0.05, 0.1) is 18.1 Å². The van der Waals surface area contributed by atoms with E-state index in [2.05, 4.69) is 15.2 Å². The fourth-order valence-corrected chi connectivity index (χ4v) is 4.41. The summed E-state index contributed by atoms with van der Waals surface area (Å²) in [5.41, 5.74) is 0.838. The molecule has 1 aromatic carbocycles. The van der Waals surface area contributed by atoms with Gasteiger partial charge in [0.15, 0.2) is 15.8 Å². The Morgan fingerprint density at radius 2 is 2.08 bits per heavy atom. The van der Waals surface area contributed by atoms with Crippen molar-refractivity contribution in [1.82, 2.24) is 10.2 Å². The number of nitrogens with zero attached hydrogens (tertiary/aromatic N) is 2. The number of sulfone groups is 1. The van der Waals surface area contributed by atoms with Crippen LogP contribution in [-0.4, -0.2) is 65.4 Å². The molecule has 2 rings (SSSR count). The third-order valence-electron chi connectivity index (χ3n) is 4.27. The summed E-state index contributed by atoms with van der Waals surface area (Å²) in [6.07, 6.45) is 1.65. The van der Waals surface area contributed by atoms with Crippen LogP contribution in [0.15, 0.2) is 35.3 Å². The number of halogens is 1. The number of rotatable bonds is 8. The van der Waals surface area contributed by atoms with Crippen LogP contribution in [0.1, 0.15) is 18.4 Å². The first-order valence-electron chi connectivity index (χ1n) is 8.74. The molecule has 0 bridgehead atoms. The third-order valence-corrected chi connectivity index (χ3v) is 5.96. The van der Waals surface area contributed by atoms with E-state index in [1.807, 2.05) is 37.4 Å². The second-order valence-corrected chi connectivity index (χ2v) is 8.70. The molecule has 6 nitrogen and oxygen atoms in total. The van der Waals surface area contributed by atoms with Crippen molar-refractivity contribution >= 4 is 39.8 Å². The molecule has 26 heavy (non-hydrogen) atoms. The first-order valence-corrected chi connectivity index (χ1v) is 10.6. The van der Waals surface area contributed by atoms with Crippen LogP contribution in [0.25, 0.3) is 0 Å². The molecule has 0 spiro atoms. The van der Waals surface area contributed by atoms with Gasteiger partial charge in [-0.25, -0.2) is 8.42 Å². The fourth-order valence-electron chi connectivity index (χ4n) is 2.98. The zero-order valence-electron chi connectivity index (χ0n) is 15.6. The van der Waals surface area contributed by atoms with Crippen LogP contribution in [0, 0.1) is 5.92 Å². The maximum atomic E-state index is 12.2. The summed E-state index contributed by atoms with van der Waals surface area (Å²) in [6.45, 7) is 3.13. The van der Waals surface area contributed by atoms with Crippen molar-refractivity contribution in [2.75, 3.05) is 46.2 Å². The Morgan fingerprint density at radius 1 is 1.35 bits per heavy atom. The first-order chi connectivity index (χ1) is 12.0. The second-order valence-electron chi connectivity index (χ2n) is 6.52. The molecule has 0 aromatic heterocycles. The summed E-state index contributed by atoms with van der Waals surface area (Å²) in [4.78, 5) is 6.35. The minimum atomic E-state index is -3.09. The van der Waals surface area contributed by atoms with Crippen LogP contribution < -0.4 is 5.32 Å². The zero-order chi connectivity index (χ0) is 18.1. The quantitative estimate of drug-likeness (QED) is 0.259. The van der Waals surface area contributed by atoms with Crippen molar-refractivity contribution in [3.05, 3.63) is 35.9 Å². The van der Waals surface area contributed by atoms with Gasteiger partial charge < -0.3 is 15.0 Å². The minimum Gasteiger partial charge on any atom is -0.381 e. The van der Waals surface area contributed by atoms with Crippen LogP contribution >= 0.6 is 24.0 Å². The number of benzene rings is 1. The Hall–Kier alpha value is -0.870. The maximum Gasteiger partial charge on any atom is 0.193 e. The largest absolute Gasteiger partial charge is 0.381 e. The first kappa shape index (κ1) is 23.2. The minimum absolute atomic E-state index is 0. The predicted octanol–water partition coefficient (Wildman–Crippen LogP) is 2.15. The molecule has 148 valence electrons. The van der Waals surface area contributed by atoms with E-state index in [4.69, 9.17) is 4.74 Å². The molecule has 1 heterocycles. The van der Waals surface area contributed by atoms with Gasteiger partial charge in [-0.3, -0.25) is 4.99 Å². The highest BCUT2D eigenvalue weighted by atomic mass is 127. The molecular formula is C18H30IN3O3S. The molecule has 0 radical (unpaired) electrons. The summed E-state index contributed by atoms with van der Waals surface area (Å²) in [5.74, 6) is 1.61. The lowest BCUT2D eigenvalue weighted by Gasteiger charge is -2.24. The Kier molecular flexibility index (Phi) is 10.5. The van der Waals surface area contributed by atoms with E-state index in [1.165, 1.54) is 0 Å². The van der Waals surface area contributed by atoms with E-state index in [0.29, 0.717) is 18.9 Å². The molecule has 1 fully saturated rings. The van der Waals surface area contributed by atoms with Crippen LogP contribution in [0.2, 0.25) is 0 Å². The van der Waals surface area contributed by atoms with E-state index in [1.54, 1.807) is 7.05 Å². The van der Waals surface area contributed by atoms with Gasteiger partial charge in [0.1, 0.15) is 0 Å². The van der Waals surface area contributed by atoms with Gasteiger partial charge in [-0.2, -0.15) is 0 Å². The SMILES string of the molecule is CN=C(NCCCS(=O)(=O)Cc1ccccc1)N(C)CC1CCOC1.I. The smallest absolute Gasteiger partial charge is 0.193 e. The Bertz CT molecular complexity index is 647. The molecule has 1 aliphatic rings. The van der Waals surface area contributed by atoms with Crippen molar-refractivity contribution in [3.63, 3.8) is 0 Å². The van der Waals surface area contributed by atoms with Crippen LogP contribution in [0.4, 0.5) is 0 Å². The van der Waals surface area contributed by atoms with E-state index >= 15 is 0 Å². The summed E-state index contributed by atoms with van der Waals surface area (Å²) in [7, 11) is 0.658. The summed E-state index contributed by atoms with van der Waals surface area (Å²) >= 11 is 0. The van der Waals surface area contributed by atoms with Gasteiger partial charge in [0, 0.05) is 39.7 Å². The lowest BCUT2D eigenvalue weighted by atomic mass is 10.1. The monoisotopic (exact) mass is 495 g/mol. The van der Waals surface area contributed by atoms with Crippen molar-refractivity contribution < 1.29 is 13.2 Å². The number of aliphatic imine (C=N–C) groups is 1. The predicted molar refractivity (Wildman–Crippen MR) is 117 cm³/mol. The molecule has 1 unspecified atom stereocenters. The van der Waals surface area contributed by atoms with Gasteiger partial charge >= 0.3 is 0 Å². The molecule has 0 amide bonds. The molecule has 0 aliphatic carbocycles. The standard InChI is InChI=1S/C18H29N3O3S.HI/c1-19-18(21(2)13-17-9-11-24-14-17)20-10-6-12-25(22,23)15-16-7-4-3-5-8-16;/h3-5,7-8,17H,6,9-15H2,1-2H3,(H,19,20);1H. The van der Waals surface area contributed by atoms with Crippen molar-refractivity contribution in [2.24, 2.45) is 10.9 Å². The normalized spacial score (nSPS) is 17.6. The fraction of sp³-hybridized carbons (Fsp3) is 0.611. The van der Waals surface area contributed by atoms with E-state index in [0.717, 1.165) is 37.7 Å². The molecule has 1 atom stereocenters. The van der Waals surface area contributed by atoms with Crippen molar-refractivity contribution in [2.45, 2.75) is 18.6 Å². The zero-order valence-corrected chi connectivity index (χ0v) is 18.7. The van der Waals surface area contributed by atoms with Gasteiger partial charge in [-0.05, 0) is 18.4 Å². The Balaban J connectivity index is 0.00000338. The van der Waals surface area contributed by atoms with Gasteiger partial charge in [-0.1, -0.05) is 30.3 Å². The Morgan fingerprint density at radius 3 is 2.69 bits per heavy atom. The van der Waals surface area contributed by atoms with Gasteiger partial charge in [0.2, 0.25) is 0 Å². The lowest BCUT2D eigenvalue weighted by Crippen LogP contribution is -2.42. The summed E-state index contributed by atoms with van der Waals surface area (Å²) in [5, 5.41) is 3.25. The van der Waals surface area contributed by atoms with Crippen molar-refractivity contribution in [3.8, 4) is 0 Å². The third kappa shape index (κ3) is 8.22. The van der Waals surface area contributed by atoms with E-state index < -0.39 is 9.84 Å². The topological polar surface area (TPSA) is 71.0 Å². The summed E-state index contributed by atoms with van der Waals surface area (Å²) < 4.78 is 29.8. The number of nitrogens with one attached hydrogen (secondary N) is 1. The maximum absolute atomic E-state index is 12.2. The average molecular weight is 495 g/mol. The van der Waals surface area contributed by atoms with Crippen molar-refractivity contribution in [1.29, 1.82) is 0 Å². The van der Waals surface area contributed by atoms with Gasteiger partial charge in [-0.15, -0.1) is 24.0 Å². The number of guanidine groups is 1. The average Bonchev–Trinajstić information content (AvgIpc) is 3.08. The molecule has 0 saturated carbocycles.